The number of amides is 4. The van der Waals surface area contributed by atoms with Crippen LogP contribution in [0.3, 0.4) is 0 Å². The van der Waals surface area contributed by atoms with E-state index in [1.165, 1.54) is 0 Å². The number of benzene rings is 1. The van der Waals surface area contributed by atoms with Crippen LogP contribution in [0, 0.1) is 5.41 Å². The van der Waals surface area contributed by atoms with Gasteiger partial charge in [-0.2, -0.15) is 4.98 Å². The molecule has 3 aliphatic rings. The number of morpholine rings is 1. The minimum absolute atomic E-state index is 0.0883. The lowest BCUT2D eigenvalue weighted by Crippen LogP contribution is -2.75. The smallest absolute Gasteiger partial charge is 0.328 e. The van der Waals surface area contributed by atoms with Gasteiger partial charge in [-0.25, -0.2) is 4.79 Å². The molecule has 2 fully saturated rings. The number of nitrogens with one attached hydrogen (secondary N) is 2. The van der Waals surface area contributed by atoms with Gasteiger partial charge in [0.2, 0.25) is 23.5 Å². The van der Waals surface area contributed by atoms with Gasteiger partial charge < -0.3 is 14.2 Å². The molecule has 31 heavy (non-hydrogen) atoms. The molecule has 4 heterocycles. The standard InChI is InChI=1S/C21H23N5O5/c1-4-15-22-17(25-31-15)12-5-6-14-13(7-12)8-21(18(27)23-20(29)24-19(21)28)16-11(3)30-10(2)9-26(14)16/h5-7,10-11,16H,4,8-9H2,1-3H3,(H2,23,24,27,28,29)/t10-,11+,16-/m1/s1. The average molecular weight is 425 g/mol. The van der Waals surface area contributed by atoms with Crippen molar-refractivity contribution in [2.45, 2.75) is 51.9 Å². The lowest BCUT2D eigenvalue weighted by atomic mass is 9.66. The van der Waals surface area contributed by atoms with Crippen LogP contribution >= 0.6 is 0 Å². The van der Waals surface area contributed by atoms with Crippen LogP contribution in [-0.2, 0) is 27.2 Å². The van der Waals surface area contributed by atoms with Crippen LogP contribution in [0.1, 0.15) is 32.2 Å². The molecule has 2 aromatic rings. The number of ether oxygens (including phenoxy) is 1. The molecule has 1 aromatic carbocycles. The molecule has 0 saturated carbocycles. The predicted molar refractivity (Wildman–Crippen MR) is 108 cm³/mol. The van der Waals surface area contributed by atoms with Gasteiger partial charge in [-0.15, -0.1) is 0 Å². The fourth-order valence-electron chi connectivity index (χ4n) is 5.10. The fourth-order valence-corrected chi connectivity index (χ4v) is 5.10. The molecule has 2 N–H and O–H groups in total. The number of carbonyl (C=O) groups is 3. The van der Waals surface area contributed by atoms with E-state index in [9.17, 15) is 14.4 Å². The number of anilines is 1. The first-order valence-electron chi connectivity index (χ1n) is 10.4. The van der Waals surface area contributed by atoms with E-state index in [1.54, 1.807) is 0 Å². The van der Waals surface area contributed by atoms with Gasteiger partial charge in [0, 0.05) is 24.2 Å². The molecule has 0 radical (unpaired) electrons. The molecular formula is C21H23N5O5. The van der Waals surface area contributed by atoms with Gasteiger partial charge in [-0.3, -0.25) is 20.2 Å². The van der Waals surface area contributed by atoms with Crippen LogP contribution in [0.15, 0.2) is 22.7 Å². The quantitative estimate of drug-likeness (QED) is 0.687. The Kier molecular flexibility index (Phi) is 4.37. The minimum atomic E-state index is -1.50. The number of hydrogen-bond acceptors (Lipinski definition) is 8. The first-order valence-corrected chi connectivity index (χ1v) is 10.4. The molecule has 0 aliphatic carbocycles. The molecule has 10 nitrogen and oxygen atoms in total. The summed E-state index contributed by atoms with van der Waals surface area (Å²) in [6.45, 7) is 6.26. The van der Waals surface area contributed by atoms with E-state index in [-0.39, 0.29) is 12.5 Å². The zero-order valence-electron chi connectivity index (χ0n) is 17.5. The molecule has 4 amide bonds. The summed E-state index contributed by atoms with van der Waals surface area (Å²) in [6.07, 6.45) is 0.268. The summed E-state index contributed by atoms with van der Waals surface area (Å²) in [5.74, 6) is -0.229. The van der Waals surface area contributed by atoms with Crippen molar-refractivity contribution in [3.8, 4) is 11.4 Å². The Labute approximate surface area is 178 Å². The fraction of sp³-hybridized carbons (Fsp3) is 0.476. The number of rotatable bonds is 2. The lowest BCUT2D eigenvalue weighted by Gasteiger charge is -2.55. The van der Waals surface area contributed by atoms with E-state index < -0.39 is 35.4 Å². The van der Waals surface area contributed by atoms with E-state index in [2.05, 4.69) is 25.7 Å². The van der Waals surface area contributed by atoms with Gasteiger partial charge in [0.05, 0.1) is 18.2 Å². The number of aromatic nitrogens is 2. The Morgan fingerprint density at radius 1 is 1.19 bits per heavy atom. The normalized spacial score (nSPS) is 26.9. The van der Waals surface area contributed by atoms with Gasteiger partial charge in [0.1, 0.15) is 0 Å². The highest BCUT2D eigenvalue weighted by Gasteiger charge is 2.62. The third-order valence-electron chi connectivity index (χ3n) is 6.34. The monoisotopic (exact) mass is 425 g/mol. The lowest BCUT2D eigenvalue weighted by molar-refractivity contribution is -0.153. The van der Waals surface area contributed by atoms with Crippen molar-refractivity contribution in [1.29, 1.82) is 0 Å². The minimum Gasteiger partial charge on any atom is -0.372 e. The van der Waals surface area contributed by atoms with Crippen LogP contribution in [0.25, 0.3) is 11.4 Å². The molecule has 3 aliphatic heterocycles. The number of nitrogens with zero attached hydrogens (tertiary/aromatic N) is 3. The second-order valence-electron chi connectivity index (χ2n) is 8.34. The van der Waals surface area contributed by atoms with Crippen LogP contribution in [0.5, 0.6) is 0 Å². The Hall–Kier alpha value is -3.27. The van der Waals surface area contributed by atoms with E-state index in [0.717, 1.165) is 16.8 Å². The number of urea groups is 1. The van der Waals surface area contributed by atoms with Gasteiger partial charge >= 0.3 is 6.03 Å². The molecule has 3 atom stereocenters. The first kappa shape index (κ1) is 19.7. The zero-order chi connectivity index (χ0) is 21.9. The predicted octanol–water partition coefficient (Wildman–Crippen LogP) is 1.19. The second-order valence-corrected chi connectivity index (χ2v) is 8.34. The molecule has 0 bridgehead atoms. The molecule has 1 spiro atoms. The van der Waals surface area contributed by atoms with Crippen molar-refractivity contribution < 1.29 is 23.6 Å². The van der Waals surface area contributed by atoms with Crippen molar-refractivity contribution in [2.75, 3.05) is 11.4 Å². The van der Waals surface area contributed by atoms with Crippen LogP contribution < -0.4 is 15.5 Å². The number of fused-ring (bicyclic) bond motifs is 4. The van der Waals surface area contributed by atoms with E-state index in [0.29, 0.717) is 24.7 Å². The summed E-state index contributed by atoms with van der Waals surface area (Å²) in [6, 6.07) is 4.41. The Bertz CT molecular complexity index is 1080. The SMILES string of the molecule is CCc1nc(-c2ccc3c(c2)CC2(C(=O)NC(=O)NC2=O)[C@H]2[C@H](C)O[C@H](C)CN32)no1. The number of hydrogen-bond donors (Lipinski definition) is 2. The first-order chi connectivity index (χ1) is 14.8. The van der Waals surface area contributed by atoms with E-state index >= 15 is 0 Å². The maximum absolute atomic E-state index is 13.2. The molecule has 5 rings (SSSR count). The highest BCUT2D eigenvalue weighted by atomic mass is 16.5. The van der Waals surface area contributed by atoms with Crippen molar-refractivity contribution in [2.24, 2.45) is 5.41 Å². The Morgan fingerprint density at radius 2 is 1.94 bits per heavy atom. The van der Waals surface area contributed by atoms with Gasteiger partial charge in [0.25, 0.3) is 0 Å². The van der Waals surface area contributed by atoms with Crippen LogP contribution in [0.4, 0.5) is 10.5 Å². The summed E-state index contributed by atoms with van der Waals surface area (Å²) in [5.41, 5.74) is 0.971. The maximum atomic E-state index is 13.2. The van der Waals surface area contributed by atoms with Gasteiger partial charge in [-0.1, -0.05) is 12.1 Å². The molecule has 162 valence electrons. The van der Waals surface area contributed by atoms with Crippen LogP contribution in [-0.4, -0.2) is 52.8 Å². The highest BCUT2D eigenvalue weighted by Crippen LogP contribution is 2.47. The summed E-state index contributed by atoms with van der Waals surface area (Å²) in [5, 5.41) is 8.62. The summed E-state index contributed by atoms with van der Waals surface area (Å²) in [4.78, 5) is 44.6. The highest BCUT2D eigenvalue weighted by molar-refractivity contribution is 6.20. The molecule has 2 saturated heterocycles. The van der Waals surface area contributed by atoms with E-state index in [4.69, 9.17) is 9.26 Å². The maximum Gasteiger partial charge on any atom is 0.328 e. The Balaban J connectivity index is 1.65. The molecule has 0 unspecified atom stereocenters. The average Bonchev–Trinajstić information content (AvgIpc) is 3.20. The number of aryl methyl sites for hydroxylation is 1. The third kappa shape index (κ3) is 2.85. The molecule has 10 heteroatoms. The van der Waals surface area contributed by atoms with Crippen LogP contribution in [0.2, 0.25) is 0 Å². The van der Waals surface area contributed by atoms with E-state index in [1.807, 2.05) is 39.0 Å². The largest absolute Gasteiger partial charge is 0.372 e. The van der Waals surface area contributed by atoms with Crippen molar-refractivity contribution in [3.05, 3.63) is 29.7 Å². The van der Waals surface area contributed by atoms with Crippen molar-refractivity contribution >= 4 is 23.5 Å². The third-order valence-corrected chi connectivity index (χ3v) is 6.34. The zero-order valence-corrected chi connectivity index (χ0v) is 17.5. The van der Waals surface area contributed by atoms with Gasteiger partial charge in [0.15, 0.2) is 5.41 Å². The number of imide groups is 2. The van der Waals surface area contributed by atoms with Crippen molar-refractivity contribution in [3.63, 3.8) is 0 Å². The molecule has 1 aromatic heterocycles. The summed E-state index contributed by atoms with van der Waals surface area (Å²) in [7, 11) is 0. The number of carbonyl (C=O) groups excluding carboxylic acids is 3. The topological polar surface area (TPSA) is 127 Å². The molecular weight excluding hydrogens is 402 g/mol. The van der Waals surface area contributed by atoms with Gasteiger partial charge in [-0.05, 0) is 44.0 Å². The summed E-state index contributed by atoms with van der Waals surface area (Å²) < 4.78 is 11.2. The Morgan fingerprint density at radius 3 is 2.61 bits per heavy atom. The number of barbiturate groups is 1. The summed E-state index contributed by atoms with van der Waals surface area (Å²) >= 11 is 0. The second kappa shape index (κ2) is 6.88. The van der Waals surface area contributed by atoms with Crippen molar-refractivity contribution in [1.82, 2.24) is 20.8 Å².